The average molecular weight is 535 g/mol. The molecule has 2 amide bonds. The van der Waals surface area contributed by atoms with Gasteiger partial charge in [-0.05, 0) is 73.9 Å². The van der Waals surface area contributed by atoms with Gasteiger partial charge in [-0.1, -0.05) is 24.8 Å². The zero-order chi connectivity index (χ0) is 28.0. The number of anilines is 2. The third kappa shape index (κ3) is 4.53. The quantitative estimate of drug-likeness (QED) is 0.285. The highest BCUT2D eigenvalue weighted by atomic mass is 16.2. The van der Waals surface area contributed by atoms with Crippen LogP contribution in [0.5, 0.6) is 0 Å². The van der Waals surface area contributed by atoms with E-state index in [-0.39, 0.29) is 11.8 Å². The number of hydrogen-bond acceptors (Lipinski definition) is 5. The number of aryl methyl sites for hydroxylation is 1. The number of nitrogens with one attached hydrogen (secondary N) is 2. The monoisotopic (exact) mass is 534 g/mol. The van der Waals surface area contributed by atoms with Gasteiger partial charge in [-0.15, -0.1) is 0 Å². The Morgan fingerprint density at radius 1 is 1.02 bits per heavy atom. The van der Waals surface area contributed by atoms with Crippen molar-refractivity contribution in [3.63, 3.8) is 0 Å². The molecule has 0 bridgehead atoms. The molecule has 40 heavy (non-hydrogen) atoms. The lowest BCUT2D eigenvalue weighted by Gasteiger charge is -2.17. The van der Waals surface area contributed by atoms with Crippen molar-refractivity contribution >= 4 is 34.4 Å². The Balaban J connectivity index is 1.52. The molecule has 204 valence electrons. The molecule has 0 radical (unpaired) electrons. The standard InChI is InChI=1S/C32H34N6O2/c1-19(2)31(39)36-23-13-14-24(25(17-23)20-7-8-20)28-26(27-29(33-3)34-18-35-30(27)37(28)4)21-9-11-22(12-10-21)32(40)38-15-5-6-16-38/h9-14,17-18,20H,1,5-8,15-16H2,2-4H3,(H,36,39)(H,33,34,35). The van der Waals surface area contributed by atoms with E-state index in [0.717, 1.165) is 83.7 Å². The molecule has 2 aliphatic rings. The molecule has 8 nitrogen and oxygen atoms in total. The smallest absolute Gasteiger partial charge is 0.253 e. The number of likely N-dealkylation sites (tertiary alicyclic amines) is 1. The summed E-state index contributed by atoms with van der Waals surface area (Å²) in [6.07, 6.45) is 5.93. The first-order valence-corrected chi connectivity index (χ1v) is 13.9. The predicted molar refractivity (Wildman–Crippen MR) is 159 cm³/mol. The molecule has 3 heterocycles. The normalized spacial score (nSPS) is 14.9. The van der Waals surface area contributed by atoms with Crippen molar-refractivity contribution < 1.29 is 9.59 Å². The molecule has 2 fully saturated rings. The SMILES string of the molecule is C=C(C)C(=O)Nc1ccc(-c2c(-c3ccc(C(=O)N4CCCC4)cc3)c3c(NC)ncnc3n2C)c(C2CC2)c1. The van der Waals surface area contributed by atoms with E-state index in [0.29, 0.717) is 17.1 Å². The van der Waals surface area contributed by atoms with Crippen molar-refractivity contribution in [1.29, 1.82) is 0 Å². The summed E-state index contributed by atoms with van der Waals surface area (Å²) in [6, 6.07) is 14.1. The second kappa shape index (κ2) is 10.3. The van der Waals surface area contributed by atoms with Crippen molar-refractivity contribution in [1.82, 2.24) is 19.4 Å². The first-order valence-electron chi connectivity index (χ1n) is 13.9. The number of fused-ring (bicyclic) bond motifs is 1. The van der Waals surface area contributed by atoms with Crippen molar-refractivity contribution in [2.24, 2.45) is 7.05 Å². The summed E-state index contributed by atoms with van der Waals surface area (Å²) < 4.78 is 2.13. The largest absolute Gasteiger partial charge is 0.372 e. The Bertz CT molecular complexity index is 1640. The van der Waals surface area contributed by atoms with E-state index in [1.165, 1.54) is 5.56 Å². The summed E-state index contributed by atoms with van der Waals surface area (Å²) in [5.41, 5.74) is 8.10. The summed E-state index contributed by atoms with van der Waals surface area (Å²) >= 11 is 0. The molecule has 8 heteroatoms. The van der Waals surface area contributed by atoms with Crippen molar-refractivity contribution in [3.8, 4) is 22.4 Å². The molecule has 1 saturated carbocycles. The van der Waals surface area contributed by atoms with Gasteiger partial charge in [0.15, 0.2) is 0 Å². The van der Waals surface area contributed by atoms with Crippen LogP contribution < -0.4 is 10.6 Å². The molecule has 0 atom stereocenters. The Morgan fingerprint density at radius 3 is 2.40 bits per heavy atom. The van der Waals surface area contributed by atoms with Crippen LogP contribution in [0.1, 0.15) is 54.4 Å². The van der Waals surface area contributed by atoms with Crippen molar-refractivity contribution in [3.05, 3.63) is 72.1 Å². The number of rotatable bonds is 7. The maximum atomic E-state index is 13.0. The second-order valence-corrected chi connectivity index (χ2v) is 10.8. The maximum Gasteiger partial charge on any atom is 0.253 e. The zero-order valence-corrected chi connectivity index (χ0v) is 23.3. The van der Waals surface area contributed by atoms with E-state index < -0.39 is 0 Å². The van der Waals surface area contributed by atoms with Gasteiger partial charge in [0.1, 0.15) is 17.8 Å². The van der Waals surface area contributed by atoms with Crippen LogP contribution in [0, 0.1) is 0 Å². The minimum absolute atomic E-state index is 0.0878. The highest BCUT2D eigenvalue weighted by Gasteiger charge is 2.31. The Labute approximate surface area is 234 Å². The first-order chi connectivity index (χ1) is 19.4. The lowest BCUT2D eigenvalue weighted by Crippen LogP contribution is -2.27. The number of carbonyl (C=O) groups excluding carboxylic acids is 2. The van der Waals surface area contributed by atoms with Crippen LogP contribution in [-0.2, 0) is 11.8 Å². The minimum Gasteiger partial charge on any atom is -0.372 e. The molecule has 2 N–H and O–H groups in total. The fourth-order valence-corrected chi connectivity index (χ4v) is 5.75. The fraction of sp³-hybridized carbons (Fsp3) is 0.312. The van der Waals surface area contributed by atoms with E-state index in [2.05, 4.69) is 43.9 Å². The molecule has 6 rings (SSSR count). The summed E-state index contributed by atoms with van der Waals surface area (Å²) in [7, 11) is 3.90. The third-order valence-electron chi connectivity index (χ3n) is 7.99. The molecule has 2 aromatic carbocycles. The van der Waals surface area contributed by atoms with Gasteiger partial charge in [-0.3, -0.25) is 9.59 Å². The number of nitrogens with zero attached hydrogens (tertiary/aromatic N) is 4. The molecule has 1 aliphatic carbocycles. The molecular weight excluding hydrogens is 500 g/mol. The number of carbonyl (C=O) groups is 2. The average Bonchev–Trinajstić information content (AvgIpc) is 3.58. The van der Waals surface area contributed by atoms with Crippen LogP contribution in [0.15, 0.2) is 60.9 Å². The molecule has 0 unspecified atom stereocenters. The summed E-state index contributed by atoms with van der Waals surface area (Å²) in [5.74, 6) is 1.08. The molecule has 4 aromatic rings. The van der Waals surface area contributed by atoms with Gasteiger partial charge in [0.2, 0.25) is 0 Å². The number of hydrogen-bond donors (Lipinski definition) is 2. The summed E-state index contributed by atoms with van der Waals surface area (Å²) in [4.78, 5) is 36.5. The van der Waals surface area contributed by atoms with E-state index >= 15 is 0 Å². The van der Waals surface area contributed by atoms with Gasteiger partial charge in [0, 0.05) is 55.1 Å². The minimum atomic E-state index is -0.183. The number of benzene rings is 2. The Kier molecular flexibility index (Phi) is 6.62. The lowest BCUT2D eigenvalue weighted by molar-refractivity contribution is -0.112. The van der Waals surface area contributed by atoms with Gasteiger partial charge < -0.3 is 20.1 Å². The summed E-state index contributed by atoms with van der Waals surface area (Å²) in [5, 5.41) is 7.16. The van der Waals surface area contributed by atoms with E-state index in [1.54, 1.807) is 13.3 Å². The Hall–Kier alpha value is -4.46. The van der Waals surface area contributed by atoms with E-state index in [9.17, 15) is 9.59 Å². The first kappa shape index (κ1) is 25.8. The molecule has 1 aliphatic heterocycles. The fourth-order valence-electron chi connectivity index (χ4n) is 5.75. The number of amides is 2. The van der Waals surface area contributed by atoms with Crippen LogP contribution in [0.2, 0.25) is 0 Å². The third-order valence-corrected chi connectivity index (χ3v) is 7.99. The van der Waals surface area contributed by atoms with Crippen molar-refractivity contribution in [2.45, 2.75) is 38.5 Å². The second-order valence-electron chi connectivity index (χ2n) is 10.8. The predicted octanol–water partition coefficient (Wildman–Crippen LogP) is 5.97. The zero-order valence-electron chi connectivity index (χ0n) is 23.3. The van der Waals surface area contributed by atoms with Gasteiger partial charge >= 0.3 is 0 Å². The highest BCUT2D eigenvalue weighted by molar-refractivity contribution is 6.09. The van der Waals surface area contributed by atoms with Gasteiger partial charge in [-0.25, -0.2) is 9.97 Å². The maximum absolute atomic E-state index is 13.0. The van der Waals surface area contributed by atoms with Crippen LogP contribution in [-0.4, -0.2) is 51.4 Å². The van der Waals surface area contributed by atoms with Gasteiger partial charge in [-0.2, -0.15) is 0 Å². The van der Waals surface area contributed by atoms with Crippen LogP contribution >= 0.6 is 0 Å². The van der Waals surface area contributed by atoms with E-state index in [1.807, 2.05) is 49.3 Å². The van der Waals surface area contributed by atoms with Crippen LogP contribution in [0.3, 0.4) is 0 Å². The lowest BCUT2D eigenvalue weighted by atomic mass is 9.93. The van der Waals surface area contributed by atoms with Crippen LogP contribution in [0.4, 0.5) is 11.5 Å². The Morgan fingerprint density at radius 2 is 1.75 bits per heavy atom. The van der Waals surface area contributed by atoms with Crippen molar-refractivity contribution in [2.75, 3.05) is 30.8 Å². The number of aromatic nitrogens is 3. The molecule has 0 spiro atoms. The molecule has 1 saturated heterocycles. The highest BCUT2D eigenvalue weighted by Crippen LogP contribution is 2.49. The summed E-state index contributed by atoms with van der Waals surface area (Å²) in [6.45, 7) is 7.12. The molecular formula is C32H34N6O2. The topological polar surface area (TPSA) is 92.2 Å². The molecule has 2 aromatic heterocycles. The van der Waals surface area contributed by atoms with E-state index in [4.69, 9.17) is 0 Å². The van der Waals surface area contributed by atoms with Gasteiger partial charge in [0.05, 0.1) is 11.1 Å². The van der Waals surface area contributed by atoms with Crippen LogP contribution in [0.25, 0.3) is 33.4 Å². The van der Waals surface area contributed by atoms with Gasteiger partial charge in [0.25, 0.3) is 11.8 Å².